The predicted octanol–water partition coefficient (Wildman–Crippen LogP) is 2.05. The van der Waals surface area contributed by atoms with Gasteiger partial charge in [0.15, 0.2) is 0 Å². The first kappa shape index (κ1) is 13.8. The van der Waals surface area contributed by atoms with Gasteiger partial charge in [0, 0.05) is 18.8 Å². The number of halogens is 1. The summed E-state index contributed by atoms with van der Waals surface area (Å²) >= 11 is 0. The third kappa shape index (κ3) is 3.04. The van der Waals surface area contributed by atoms with Crippen molar-refractivity contribution in [2.24, 2.45) is 0 Å². The predicted molar refractivity (Wildman–Crippen MR) is 72.3 cm³/mol. The van der Waals surface area contributed by atoms with Gasteiger partial charge >= 0.3 is 5.97 Å². The minimum atomic E-state index is -1.23. The van der Waals surface area contributed by atoms with Crippen LogP contribution in [0.5, 0.6) is 0 Å². The number of hydrogen-bond donors (Lipinski definition) is 1. The minimum absolute atomic E-state index is 0.266. The summed E-state index contributed by atoms with van der Waals surface area (Å²) in [6.45, 7) is 2.06. The lowest BCUT2D eigenvalue weighted by Gasteiger charge is -2.36. The third-order valence-corrected chi connectivity index (χ3v) is 3.82. The summed E-state index contributed by atoms with van der Waals surface area (Å²) in [6, 6.07) is 4.66. The molecule has 1 N–H and O–H groups in total. The number of likely N-dealkylation sites (tertiary alicyclic amines) is 1. The number of carboxylic acids is 1. The molecule has 5 heteroatoms. The highest BCUT2D eigenvalue weighted by Gasteiger charge is 2.22. The molecular weight excluding hydrogens is 247 g/mol. The van der Waals surface area contributed by atoms with Crippen LogP contribution in [-0.2, 0) is 0 Å². The quantitative estimate of drug-likeness (QED) is 0.909. The Morgan fingerprint density at radius 1 is 1.42 bits per heavy atom. The number of aromatic carboxylic acids is 1. The Hall–Kier alpha value is -1.62. The number of rotatable bonds is 3. The zero-order valence-corrected chi connectivity index (χ0v) is 11.3. The summed E-state index contributed by atoms with van der Waals surface area (Å²) in [4.78, 5) is 15.3. The molecule has 2 rings (SSSR count). The number of carbonyl (C=O) groups is 1. The topological polar surface area (TPSA) is 43.8 Å². The third-order valence-electron chi connectivity index (χ3n) is 3.82. The Labute approximate surface area is 112 Å². The second-order valence-corrected chi connectivity index (χ2v) is 5.11. The van der Waals surface area contributed by atoms with Crippen LogP contribution in [0.25, 0.3) is 0 Å². The van der Waals surface area contributed by atoms with Crippen LogP contribution in [0.1, 0.15) is 23.2 Å². The van der Waals surface area contributed by atoms with Gasteiger partial charge in [0.2, 0.25) is 0 Å². The Balaban J connectivity index is 2.17. The highest BCUT2D eigenvalue weighted by Crippen LogP contribution is 2.24. The van der Waals surface area contributed by atoms with Gasteiger partial charge in [-0.3, -0.25) is 0 Å². The molecule has 19 heavy (non-hydrogen) atoms. The molecule has 1 fully saturated rings. The van der Waals surface area contributed by atoms with E-state index < -0.39 is 11.8 Å². The molecule has 1 aromatic carbocycles. The number of benzene rings is 1. The van der Waals surface area contributed by atoms with Crippen molar-refractivity contribution >= 4 is 11.7 Å². The zero-order chi connectivity index (χ0) is 14.0. The Morgan fingerprint density at radius 3 is 2.63 bits per heavy atom. The molecule has 0 atom stereocenters. The maximum atomic E-state index is 13.4. The maximum Gasteiger partial charge on any atom is 0.338 e. The molecular formula is C14H19FN2O2. The van der Waals surface area contributed by atoms with Crippen molar-refractivity contribution in [3.8, 4) is 0 Å². The van der Waals surface area contributed by atoms with Gasteiger partial charge in [0.05, 0.1) is 5.56 Å². The van der Waals surface area contributed by atoms with Gasteiger partial charge in [-0.1, -0.05) is 0 Å². The molecule has 0 spiro atoms. The van der Waals surface area contributed by atoms with Crippen LogP contribution in [0.15, 0.2) is 18.2 Å². The van der Waals surface area contributed by atoms with E-state index in [1.807, 2.05) is 7.05 Å². The van der Waals surface area contributed by atoms with Crippen LogP contribution >= 0.6 is 0 Å². The fourth-order valence-electron chi connectivity index (χ4n) is 2.49. The lowest BCUT2D eigenvalue weighted by atomic mass is 10.0. The maximum absolute atomic E-state index is 13.4. The first-order chi connectivity index (χ1) is 8.99. The molecule has 0 aliphatic carbocycles. The molecule has 1 aromatic rings. The average molecular weight is 266 g/mol. The van der Waals surface area contributed by atoms with Gasteiger partial charge in [-0.15, -0.1) is 0 Å². The van der Waals surface area contributed by atoms with Crippen LogP contribution < -0.4 is 4.90 Å². The lowest BCUT2D eigenvalue weighted by Crippen LogP contribution is -2.42. The molecule has 0 aromatic heterocycles. The number of nitrogens with zero attached hydrogens (tertiary/aromatic N) is 2. The standard InChI is InChI=1S/C14H19FN2O2/c1-16-7-5-10(6-8-16)17(2)11-3-4-13(15)12(9-11)14(18)19/h3-4,9-10H,5-8H2,1-2H3,(H,18,19). The Morgan fingerprint density at radius 2 is 2.05 bits per heavy atom. The molecule has 0 radical (unpaired) electrons. The van der Waals surface area contributed by atoms with Gasteiger partial charge in [-0.25, -0.2) is 9.18 Å². The monoisotopic (exact) mass is 266 g/mol. The van der Waals surface area contributed by atoms with Gasteiger partial charge in [0.25, 0.3) is 0 Å². The van der Waals surface area contributed by atoms with Crippen molar-refractivity contribution in [3.05, 3.63) is 29.6 Å². The number of anilines is 1. The van der Waals surface area contributed by atoms with Gasteiger partial charge < -0.3 is 14.9 Å². The zero-order valence-electron chi connectivity index (χ0n) is 11.3. The number of piperidine rings is 1. The van der Waals surface area contributed by atoms with Crippen molar-refractivity contribution in [3.63, 3.8) is 0 Å². The van der Waals surface area contributed by atoms with Crippen molar-refractivity contribution in [2.45, 2.75) is 18.9 Å². The molecule has 1 heterocycles. The molecule has 1 aliphatic rings. The van der Waals surface area contributed by atoms with Gasteiger partial charge in [-0.2, -0.15) is 0 Å². The first-order valence-corrected chi connectivity index (χ1v) is 6.43. The van der Waals surface area contributed by atoms with E-state index in [2.05, 4.69) is 16.8 Å². The van der Waals surface area contributed by atoms with Crippen LogP contribution in [-0.4, -0.2) is 49.2 Å². The van der Waals surface area contributed by atoms with Crippen molar-refractivity contribution in [1.29, 1.82) is 0 Å². The van der Waals surface area contributed by atoms with E-state index in [1.165, 1.54) is 12.1 Å². The van der Waals surface area contributed by atoms with Crippen molar-refractivity contribution < 1.29 is 14.3 Å². The fourth-order valence-corrected chi connectivity index (χ4v) is 2.49. The van der Waals surface area contributed by atoms with E-state index in [9.17, 15) is 9.18 Å². The Kier molecular flexibility index (Phi) is 4.04. The van der Waals surface area contributed by atoms with E-state index in [-0.39, 0.29) is 5.56 Å². The lowest BCUT2D eigenvalue weighted by molar-refractivity contribution is 0.0692. The van der Waals surface area contributed by atoms with Crippen molar-refractivity contribution in [2.75, 3.05) is 32.1 Å². The molecule has 4 nitrogen and oxygen atoms in total. The summed E-state index contributed by atoms with van der Waals surface area (Å²) in [7, 11) is 4.03. The Bertz CT molecular complexity index is 471. The average Bonchev–Trinajstić information content (AvgIpc) is 2.39. The summed E-state index contributed by atoms with van der Waals surface area (Å²) in [5.74, 6) is -1.91. The van der Waals surface area contributed by atoms with E-state index in [0.29, 0.717) is 6.04 Å². The molecule has 0 saturated carbocycles. The highest BCUT2D eigenvalue weighted by atomic mass is 19.1. The minimum Gasteiger partial charge on any atom is -0.478 e. The van der Waals surface area contributed by atoms with Crippen LogP contribution in [0.3, 0.4) is 0 Å². The number of carboxylic acid groups (broad SMARTS) is 1. The van der Waals surface area contributed by atoms with Crippen molar-refractivity contribution in [1.82, 2.24) is 4.90 Å². The van der Waals surface area contributed by atoms with Crippen LogP contribution in [0.4, 0.5) is 10.1 Å². The van der Waals surface area contributed by atoms with Gasteiger partial charge in [-0.05, 0) is 51.2 Å². The first-order valence-electron chi connectivity index (χ1n) is 6.43. The number of hydrogen-bond acceptors (Lipinski definition) is 3. The second-order valence-electron chi connectivity index (χ2n) is 5.11. The second kappa shape index (κ2) is 5.57. The summed E-state index contributed by atoms with van der Waals surface area (Å²) in [5.41, 5.74) is 0.491. The molecule has 1 saturated heterocycles. The van der Waals surface area contributed by atoms with E-state index in [1.54, 1.807) is 6.07 Å². The normalized spacial score (nSPS) is 17.4. The SMILES string of the molecule is CN1CCC(N(C)c2ccc(F)c(C(=O)O)c2)CC1. The summed E-state index contributed by atoms with van der Waals surface area (Å²) in [5, 5.41) is 8.95. The van der Waals surface area contributed by atoms with E-state index in [4.69, 9.17) is 5.11 Å². The molecule has 104 valence electrons. The molecule has 0 amide bonds. The largest absolute Gasteiger partial charge is 0.478 e. The molecule has 1 aliphatic heterocycles. The molecule has 0 unspecified atom stereocenters. The fraction of sp³-hybridized carbons (Fsp3) is 0.500. The summed E-state index contributed by atoms with van der Waals surface area (Å²) < 4.78 is 13.4. The smallest absolute Gasteiger partial charge is 0.338 e. The summed E-state index contributed by atoms with van der Waals surface area (Å²) in [6.07, 6.45) is 2.07. The van der Waals surface area contributed by atoms with E-state index >= 15 is 0 Å². The highest BCUT2D eigenvalue weighted by molar-refractivity contribution is 5.89. The van der Waals surface area contributed by atoms with Crippen LogP contribution in [0.2, 0.25) is 0 Å². The van der Waals surface area contributed by atoms with Gasteiger partial charge in [0.1, 0.15) is 5.82 Å². The van der Waals surface area contributed by atoms with E-state index in [0.717, 1.165) is 31.6 Å². The van der Waals surface area contributed by atoms with Crippen LogP contribution in [0, 0.1) is 5.82 Å². The molecule has 0 bridgehead atoms.